The summed E-state index contributed by atoms with van der Waals surface area (Å²) in [5, 5.41) is 3.70. The number of sulfonamides is 1. The maximum absolute atomic E-state index is 13.6. The van der Waals surface area contributed by atoms with Gasteiger partial charge in [-0.3, -0.25) is 13.9 Å². The van der Waals surface area contributed by atoms with E-state index in [9.17, 15) is 18.0 Å². The highest BCUT2D eigenvalue weighted by atomic mass is 35.5. The van der Waals surface area contributed by atoms with Gasteiger partial charge in [-0.05, 0) is 42.2 Å². The molecule has 0 aliphatic heterocycles. The molecule has 0 saturated carbocycles. The van der Waals surface area contributed by atoms with E-state index >= 15 is 0 Å². The fraction of sp³-hybridized carbons (Fsp3) is 0.417. The molecule has 0 spiro atoms. The highest BCUT2D eigenvalue weighted by molar-refractivity contribution is 7.92. The third kappa shape index (κ3) is 8.27. The van der Waals surface area contributed by atoms with Crippen molar-refractivity contribution in [3.63, 3.8) is 0 Å². The zero-order valence-corrected chi connectivity index (χ0v) is 23.2. The molecule has 2 rings (SSSR count). The molecule has 192 valence electrons. The van der Waals surface area contributed by atoms with Crippen LogP contribution < -0.4 is 9.62 Å². The smallest absolute Gasteiger partial charge is 0.244 e. The summed E-state index contributed by atoms with van der Waals surface area (Å²) in [6.45, 7) is 5.63. The second-order valence-corrected chi connectivity index (χ2v) is 11.7. The van der Waals surface area contributed by atoms with Crippen LogP contribution in [0.3, 0.4) is 0 Å². The van der Waals surface area contributed by atoms with Crippen molar-refractivity contribution < 1.29 is 18.0 Å². The van der Waals surface area contributed by atoms with E-state index in [4.69, 9.17) is 34.8 Å². The summed E-state index contributed by atoms with van der Waals surface area (Å²) in [5.74, 6) is -0.679. The number of halogens is 3. The predicted molar refractivity (Wildman–Crippen MR) is 143 cm³/mol. The summed E-state index contributed by atoms with van der Waals surface area (Å²) >= 11 is 18.6. The second-order valence-electron chi connectivity index (χ2n) is 8.54. The molecule has 7 nitrogen and oxygen atoms in total. The van der Waals surface area contributed by atoms with Crippen LogP contribution in [0.1, 0.15) is 32.8 Å². The molecule has 2 aromatic carbocycles. The van der Waals surface area contributed by atoms with E-state index < -0.39 is 28.5 Å². The van der Waals surface area contributed by atoms with Gasteiger partial charge in [-0.25, -0.2) is 8.42 Å². The van der Waals surface area contributed by atoms with Crippen molar-refractivity contribution in [3.05, 3.63) is 63.1 Å². The van der Waals surface area contributed by atoms with Crippen LogP contribution in [-0.2, 0) is 26.2 Å². The maximum atomic E-state index is 13.6. The average molecular weight is 563 g/mol. The fourth-order valence-electron chi connectivity index (χ4n) is 3.43. The van der Waals surface area contributed by atoms with Crippen LogP contribution in [0.15, 0.2) is 42.5 Å². The van der Waals surface area contributed by atoms with Gasteiger partial charge in [0.1, 0.15) is 12.6 Å². The van der Waals surface area contributed by atoms with E-state index in [1.165, 1.54) is 23.1 Å². The van der Waals surface area contributed by atoms with Gasteiger partial charge in [0.15, 0.2) is 0 Å². The molecule has 0 aromatic heterocycles. The average Bonchev–Trinajstić information content (AvgIpc) is 2.76. The Hall–Kier alpha value is -2.00. The van der Waals surface area contributed by atoms with Crippen LogP contribution in [0.2, 0.25) is 15.1 Å². The molecule has 0 fully saturated rings. The standard InChI is InChI=1S/C24H30Cl3N3O4S/c1-5-21(24(32)28-13-16(2)3)29(14-17-8-6-7-9-19(17)26)23(31)15-30(35(4,33)34)22-11-10-18(25)12-20(22)27/h6-12,16,21H,5,13-15H2,1-4H3,(H,28,32). The van der Waals surface area contributed by atoms with Crippen molar-refractivity contribution in [2.24, 2.45) is 5.92 Å². The number of nitrogens with one attached hydrogen (secondary N) is 1. The van der Waals surface area contributed by atoms with Crippen molar-refractivity contribution >= 4 is 62.3 Å². The first-order valence-electron chi connectivity index (χ1n) is 11.1. The largest absolute Gasteiger partial charge is 0.354 e. The summed E-state index contributed by atoms with van der Waals surface area (Å²) in [7, 11) is -3.91. The molecule has 1 atom stereocenters. The fourth-order valence-corrected chi connectivity index (χ4v) is 5.05. The van der Waals surface area contributed by atoms with E-state index in [0.717, 1.165) is 10.6 Å². The Labute approximate surface area is 222 Å². The minimum absolute atomic E-state index is 0.0259. The first-order chi connectivity index (χ1) is 16.3. The third-order valence-electron chi connectivity index (χ3n) is 5.23. The Balaban J connectivity index is 2.47. The number of carbonyl (C=O) groups excluding carboxylic acids is 2. The van der Waals surface area contributed by atoms with Crippen molar-refractivity contribution in [2.75, 3.05) is 23.7 Å². The summed E-state index contributed by atoms with van der Waals surface area (Å²) in [5.41, 5.74) is 0.745. The lowest BCUT2D eigenvalue weighted by Crippen LogP contribution is -2.52. The number of nitrogens with zero attached hydrogens (tertiary/aromatic N) is 2. The summed E-state index contributed by atoms with van der Waals surface area (Å²) in [4.78, 5) is 28.0. The topological polar surface area (TPSA) is 86.8 Å². The van der Waals surface area contributed by atoms with Gasteiger partial charge >= 0.3 is 0 Å². The number of carbonyl (C=O) groups is 2. The lowest BCUT2D eigenvalue weighted by molar-refractivity contribution is -0.140. The minimum Gasteiger partial charge on any atom is -0.354 e. The first kappa shape index (κ1) is 29.2. The minimum atomic E-state index is -3.91. The van der Waals surface area contributed by atoms with E-state index in [1.807, 2.05) is 13.8 Å². The molecule has 0 radical (unpaired) electrons. The van der Waals surface area contributed by atoms with Crippen molar-refractivity contribution in [1.82, 2.24) is 10.2 Å². The number of rotatable bonds is 11. The lowest BCUT2D eigenvalue weighted by Gasteiger charge is -2.33. The van der Waals surface area contributed by atoms with Gasteiger partial charge in [-0.15, -0.1) is 0 Å². The van der Waals surface area contributed by atoms with Gasteiger partial charge in [0, 0.05) is 23.1 Å². The van der Waals surface area contributed by atoms with Crippen LogP contribution >= 0.6 is 34.8 Å². The Kier molecular flexibility index (Phi) is 10.7. The summed E-state index contributed by atoms with van der Waals surface area (Å²) in [6, 6.07) is 10.5. The molecule has 0 bridgehead atoms. The molecule has 1 N–H and O–H groups in total. The van der Waals surface area contributed by atoms with E-state index in [2.05, 4.69) is 5.32 Å². The number of hydrogen-bond acceptors (Lipinski definition) is 4. The molecule has 0 saturated heterocycles. The SMILES string of the molecule is CCC(C(=O)NCC(C)C)N(Cc1ccccc1Cl)C(=O)CN(c1ccc(Cl)cc1Cl)S(C)(=O)=O. The zero-order valence-electron chi connectivity index (χ0n) is 20.1. The zero-order chi connectivity index (χ0) is 26.3. The van der Waals surface area contributed by atoms with Crippen LogP contribution in [0.4, 0.5) is 5.69 Å². The first-order valence-corrected chi connectivity index (χ1v) is 14.1. The summed E-state index contributed by atoms with van der Waals surface area (Å²) < 4.78 is 26.2. The number of amides is 2. The Morgan fingerprint density at radius 1 is 1.03 bits per heavy atom. The highest BCUT2D eigenvalue weighted by Gasteiger charge is 2.32. The van der Waals surface area contributed by atoms with Crippen LogP contribution in [0.5, 0.6) is 0 Å². The number of benzene rings is 2. The van der Waals surface area contributed by atoms with Gasteiger partial charge in [-0.1, -0.05) is 73.8 Å². The second kappa shape index (κ2) is 12.8. The van der Waals surface area contributed by atoms with Gasteiger partial charge in [-0.2, -0.15) is 0 Å². The lowest BCUT2D eigenvalue weighted by atomic mass is 10.1. The van der Waals surface area contributed by atoms with E-state index in [1.54, 1.807) is 31.2 Å². The van der Waals surface area contributed by atoms with Crippen LogP contribution in [0, 0.1) is 5.92 Å². The molecular formula is C24H30Cl3N3O4S. The predicted octanol–water partition coefficient (Wildman–Crippen LogP) is 4.99. The molecule has 0 heterocycles. The normalized spacial score (nSPS) is 12.3. The molecule has 0 aliphatic rings. The van der Waals surface area contributed by atoms with E-state index in [-0.39, 0.29) is 29.1 Å². The maximum Gasteiger partial charge on any atom is 0.244 e. The quantitative estimate of drug-likeness (QED) is 0.418. The van der Waals surface area contributed by atoms with Gasteiger partial charge in [0.05, 0.1) is 17.0 Å². The third-order valence-corrected chi connectivity index (χ3v) is 7.26. The number of hydrogen-bond donors (Lipinski definition) is 1. The molecule has 35 heavy (non-hydrogen) atoms. The molecule has 2 amide bonds. The Bertz CT molecular complexity index is 1160. The highest BCUT2D eigenvalue weighted by Crippen LogP contribution is 2.31. The van der Waals surface area contributed by atoms with Crippen molar-refractivity contribution in [2.45, 2.75) is 39.8 Å². The van der Waals surface area contributed by atoms with Gasteiger partial charge in [0.25, 0.3) is 0 Å². The molecule has 0 aliphatic carbocycles. The molecule has 1 unspecified atom stereocenters. The molecular weight excluding hydrogens is 533 g/mol. The molecule has 2 aromatic rings. The molecule has 11 heteroatoms. The monoisotopic (exact) mass is 561 g/mol. The van der Waals surface area contributed by atoms with Gasteiger partial charge < -0.3 is 10.2 Å². The summed E-state index contributed by atoms with van der Waals surface area (Å²) in [6.07, 6.45) is 1.30. The van der Waals surface area contributed by atoms with Crippen LogP contribution in [-0.4, -0.2) is 50.5 Å². The van der Waals surface area contributed by atoms with Crippen LogP contribution in [0.25, 0.3) is 0 Å². The Morgan fingerprint density at radius 3 is 2.23 bits per heavy atom. The van der Waals surface area contributed by atoms with Crippen molar-refractivity contribution in [1.29, 1.82) is 0 Å². The van der Waals surface area contributed by atoms with Gasteiger partial charge in [0.2, 0.25) is 21.8 Å². The van der Waals surface area contributed by atoms with E-state index in [0.29, 0.717) is 28.6 Å². The van der Waals surface area contributed by atoms with Crippen molar-refractivity contribution in [3.8, 4) is 0 Å². The Morgan fingerprint density at radius 2 is 1.69 bits per heavy atom. The number of anilines is 1.